The molecule has 0 saturated carbocycles. The van der Waals surface area contributed by atoms with Crippen molar-refractivity contribution < 1.29 is 4.52 Å². The molecule has 2 N–H and O–H groups in total. The Morgan fingerprint density at radius 1 is 1.50 bits per heavy atom. The summed E-state index contributed by atoms with van der Waals surface area (Å²) in [6, 6.07) is 5.47. The molecular formula is C12H13BrClN3O. The van der Waals surface area contributed by atoms with Gasteiger partial charge in [0.1, 0.15) is 0 Å². The average Bonchev–Trinajstić information content (AvgIpc) is 2.80. The summed E-state index contributed by atoms with van der Waals surface area (Å²) in [5.41, 5.74) is 6.64. The van der Waals surface area contributed by atoms with Gasteiger partial charge in [0.2, 0.25) is 0 Å². The summed E-state index contributed by atoms with van der Waals surface area (Å²) in [4.78, 5) is 4.32. The standard InChI is InChI=1S/C12H13BrClN3O/c1-2-8(15)6-11-16-12(18-17-11)9-5-7(14)3-4-10(9)13/h3-5,8H,2,6,15H2,1H3. The predicted molar refractivity (Wildman–Crippen MR) is 74.4 cm³/mol. The first kappa shape index (κ1) is 13.5. The van der Waals surface area contributed by atoms with Crippen LogP contribution in [0.5, 0.6) is 0 Å². The summed E-state index contributed by atoms with van der Waals surface area (Å²) in [6.07, 6.45) is 1.49. The van der Waals surface area contributed by atoms with Crippen molar-refractivity contribution in [1.29, 1.82) is 0 Å². The third-order valence-corrected chi connectivity index (χ3v) is 3.52. The molecule has 2 rings (SSSR count). The first-order valence-electron chi connectivity index (χ1n) is 5.63. The molecule has 0 radical (unpaired) electrons. The van der Waals surface area contributed by atoms with Gasteiger partial charge in [0, 0.05) is 22.0 Å². The van der Waals surface area contributed by atoms with Crippen molar-refractivity contribution in [2.45, 2.75) is 25.8 Å². The third kappa shape index (κ3) is 3.10. The lowest BCUT2D eigenvalue weighted by molar-refractivity contribution is 0.419. The molecule has 6 heteroatoms. The van der Waals surface area contributed by atoms with Crippen LogP contribution in [0.4, 0.5) is 0 Å². The molecule has 0 aliphatic rings. The molecule has 0 fully saturated rings. The van der Waals surface area contributed by atoms with Crippen LogP contribution >= 0.6 is 27.5 Å². The Morgan fingerprint density at radius 3 is 3.00 bits per heavy atom. The molecule has 0 aliphatic carbocycles. The van der Waals surface area contributed by atoms with Gasteiger partial charge in [-0.15, -0.1) is 0 Å². The number of nitrogens with two attached hydrogens (primary N) is 1. The smallest absolute Gasteiger partial charge is 0.259 e. The maximum atomic E-state index is 5.95. The molecule has 0 bridgehead atoms. The topological polar surface area (TPSA) is 64.9 Å². The minimum Gasteiger partial charge on any atom is -0.334 e. The number of benzene rings is 1. The van der Waals surface area contributed by atoms with Crippen LogP contribution in [-0.4, -0.2) is 16.2 Å². The van der Waals surface area contributed by atoms with Crippen molar-refractivity contribution in [3.05, 3.63) is 33.5 Å². The zero-order chi connectivity index (χ0) is 13.1. The van der Waals surface area contributed by atoms with E-state index in [4.69, 9.17) is 21.9 Å². The van der Waals surface area contributed by atoms with Crippen molar-refractivity contribution in [3.8, 4) is 11.5 Å². The van der Waals surface area contributed by atoms with Crippen LogP contribution in [0.15, 0.2) is 27.2 Å². The first-order valence-corrected chi connectivity index (χ1v) is 6.80. The molecule has 1 aromatic heterocycles. The van der Waals surface area contributed by atoms with Crippen LogP contribution in [0.25, 0.3) is 11.5 Å². The molecule has 0 saturated heterocycles. The van der Waals surface area contributed by atoms with Crippen molar-refractivity contribution in [3.63, 3.8) is 0 Å². The summed E-state index contributed by atoms with van der Waals surface area (Å²) in [6.45, 7) is 2.03. The Labute approximate surface area is 119 Å². The fourth-order valence-corrected chi connectivity index (χ4v) is 2.07. The van der Waals surface area contributed by atoms with Gasteiger partial charge in [-0.3, -0.25) is 0 Å². The molecule has 0 amide bonds. The van der Waals surface area contributed by atoms with E-state index in [9.17, 15) is 0 Å². The molecule has 1 unspecified atom stereocenters. The van der Waals surface area contributed by atoms with Crippen molar-refractivity contribution in [1.82, 2.24) is 10.1 Å². The van der Waals surface area contributed by atoms with Gasteiger partial charge in [-0.1, -0.05) is 23.7 Å². The maximum absolute atomic E-state index is 5.95. The molecule has 96 valence electrons. The van der Waals surface area contributed by atoms with E-state index in [1.54, 1.807) is 12.1 Å². The number of halogens is 2. The Hall–Kier alpha value is -0.910. The fraction of sp³-hybridized carbons (Fsp3) is 0.333. The van der Waals surface area contributed by atoms with Crippen LogP contribution in [0.3, 0.4) is 0 Å². The van der Waals surface area contributed by atoms with E-state index in [0.29, 0.717) is 23.2 Å². The highest BCUT2D eigenvalue weighted by atomic mass is 79.9. The lowest BCUT2D eigenvalue weighted by Gasteiger charge is -2.02. The van der Waals surface area contributed by atoms with E-state index in [-0.39, 0.29) is 6.04 Å². The Bertz CT molecular complexity index is 544. The van der Waals surface area contributed by atoms with Crippen LogP contribution in [0.1, 0.15) is 19.2 Å². The molecule has 1 atom stereocenters. The fourth-order valence-electron chi connectivity index (χ4n) is 1.49. The molecule has 1 heterocycles. The molecule has 4 nitrogen and oxygen atoms in total. The highest BCUT2D eigenvalue weighted by Gasteiger charge is 2.14. The van der Waals surface area contributed by atoms with E-state index in [0.717, 1.165) is 16.5 Å². The monoisotopic (exact) mass is 329 g/mol. The van der Waals surface area contributed by atoms with Gasteiger partial charge in [0.05, 0.1) is 5.56 Å². The van der Waals surface area contributed by atoms with Crippen LogP contribution in [0.2, 0.25) is 5.02 Å². The van der Waals surface area contributed by atoms with E-state index in [2.05, 4.69) is 26.1 Å². The molecule has 2 aromatic rings. The average molecular weight is 331 g/mol. The van der Waals surface area contributed by atoms with Gasteiger partial charge in [-0.05, 0) is 40.5 Å². The van der Waals surface area contributed by atoms with Gasteiger partial charge >= 0.3 is 0 Å². The maximum Gasteiger partial charge on any atom is 0.259 e. The van der Waals surface area contributed by atoms with E-state index < -0.39 is 0 Å². The van der Waals surface area contributed by atoms with Gasteiger partial charge < -0.3 is 10.3 Å². The van der Waals surface area contributed by atoms with Crippen molar-refractivity contribution in [2.75, 3.05) is 0 Å². The van der Waals surface area contributed by atoms with E-state index in [1.165, 1.54) is 0 Å². The normalized spacial score (nSPS) is 12.7. The quantitative estimate of drug-likeness (QED) is 0.932. The highest BCUT2D eigenvalue weighted by Crippen LogP contribution is 2.29. The first-order chi connectivity index (χ1) is 8.60. The Balaban J connectivity index is 2.26. The lowest BCUT2D eigenvalue weighted by Crippen LogP contribution is -2.21. The van der Waals surface area contributed by atoms with Crippen LogP contribution < -0.4 is 5.73 Å². The summed E-state index contributed by atoms with van der Waals surface area (Å²) in [7, 11) is 0. The number of hydrogen-bond donors (Lipinski definition) is 1. The molecule has 0 spiro atoms. The van der Waals surface area contributed by atoms with Gasteiger partial charge in [0.25, 0.3) is 5.89 Å². The molecular weight excluding hydrogens is 318 g/mol. The number of hydrogen-bond acceptors (Lipinski definition) is 4. The SMILES string of the molecule is CCC(N)Cc1noc(-c2cc(Cl)ccc2Br)n1. The lowest BCUT2D eigenvalue weighted by atomic mass is 10.1. The van der Waals surface area contributed by atoms with Crippen molar-refractivity contribution >= 4 is 27.5 Å². The van der Waals surface area contributed by atoms with Crippen LogP contribution in [0, 0.1) is 0 Å². The van der Waals surface area contributed by atoms with Crippen molar-refractivity contribution in [2.24, 2.45) is 5.73 Å². The van der Waals surface area contributed by atoms with Gasteiger partial charge in [0.15, 0.2) is 5.82 Å². The third-order valence-electron chi connectivity index (χ3n) is 2.60. The minimum atomic E-state index is 0.0539. The Kier molecular flexibility index (Phi) is 4.37. The second kappa shape index (κ2) is 5.82. The summed E-state index contributed by atoms with van der Waals surface area (Å²) in [5.74, 6) is 1.06. The molecule has 1 aromatic carbocycles. The largest absolute Gasteiger partial charge is 0.334 e. The molecule has 0 aliphatic heterocycles. The number of nitrogens with zero attached hydrogens (tertiary/aromatic N) is 2. The Morgan fingerprint density at radius 2 is 2.28 bits per heavy atom. The van der Waals surface area contributed by atoms with Crippen LogP contribution in [-0.2, 0) is 6.42 Å². The highest BCUT2D eigenvalue weighted by molar-refractivity contribution is 9.10. The summed E-state index contributed by atoms with van der Waals surface area (Å²) in [5, 5.41) is 4.54. The second-order valence-corrected chi connectivity index (χ2v) is 5.30. The van der Waals surface area contributed by atoms with Gasteiger partial charge in [-0.25, -0.2) is 0 Å². The number of rotatable bonds is 4. The van der Waals surface area contributed by atoms with Gasteiger partial charge in [-0.2, -0.15) is 4.98 Å². The minimum absolute atomic E-state index is 0.0539. The van der Waals surface area contributed by atoms with E-state index in [1.807, 2.05) is 13.0 Å². The zero-order valence-corrected chi connectivity index (χ0v) is 12.2. The summed E-state index contributed by atoms with van der Waals surface area (Å²) >= 11 is 9.38. The summed E-state index contributed by atoms with van der Waals surface area (Å²) < 4.78 is 6.09. The predicted octanol–water partition coefficient (Wildman–Crippen LogP) is 3.43. The number of aromatic nitrogens is 2. The van der Waals surface area contributed by atoms with E-state index >= 15 is 0 Å². The zero-order valence-electron chi connectivity index (χ0n) is 9.86. The second-order valence-electron chi connectivity index (χ2n) is 4.01. The molecule has 18 heavy (non-hydrogen) atoms.